The first-order valence-electron chi connectivity index (χ1n) is 4.50. The van der Waals surface area contributed by atoms with Crippen LogP contribution in [0.15, 0.2) is 10.5 Å². The van der Waals surface area contributed by atoms with E-state index in [0.29, 0.717) is 6.54 Å². The van der Waals surface area contributed by atoms with E-state index in [0.717, 1.165) is 24.5 Å². The van der Waals surface area contributed by atoms with Crippen molar-refractivity contribution in [2.45, 2.75) is 26.8 Å². The molecule has 0 fully saturated rings. The number of carbonyl (C=O) groups is 1. The number of hydrogen-bond donors (Lipinski definition) is 0. The number of nitrogens with zero attached hydrogens (tertiary/aromatic N) is 1. The minimum atomic E-state index is 0.125. The van der Waals surface area contributed by atoms with Gasteiger partial charge in [0.25, 0.3) is 0 Å². The second kappa shape index (κ2) is 2.91. The monoisotopic (exact) mass is 179 g/mol. The summed E-state index contributed by atoms with van der Waals surface area (Å²) in [5.41, 5.74) is 1.26. The Bertz CT molecular complexity index is 341. The Morgan fingerprint density at radius 1 is 1.62 bits per heavy atom. The molecule has 0 saturated heterocycles. The van der Waals surface area contributed by atoms with Crippen LogP contribution in [0.25, 0.3) is 0 Å². The lowest BCUT2D eigenvalue weighted by Gasteiger charge is -2.24. The van der Waals surface area contributed by atoms with Crippen molar-refractivity contribution in [1.82, 2.24) is 4.90 Å². The summed E-state index contributed by atoms with van der Waals surface area (Å²) in [6.45, 7) is 5.00. The molecule has 0 radical (unpaired) electrons. The quantitative estimate of drug-likeness (QED) is 0.604. The topological polar surface area (TPSA) is 33.5 Å². The molecule has 3 nitrogen and oxygen atoms in total. The molecule has 0 unspecified atom stereocenters. The van der Waals surface area contributed by atoms with Crippen LogP contribution in [0.4, 0.5) is 0 Å². The van der Waals surface area contributed by atoms with Gasteiger partial charge in [0, 0.05) is 13.5 Å². The third-order valence-corrected chi connectivity index (χ3v) is 2.45. The highest BCUT2D eigenvalue weighted by atomic mass is 16.3. The molecule has 1 aromatic heterocycles. The van der Waals surface area contributed by atoms with E-state index in [9.17, 15) is 4.79 Å². The molecule has 1 aromatic rings. The Morgan fingerprint density at radius 3 is 3.08 bits per heavy atom. The minimum absolute atomic E-state index is 0.125. The number of carbonyl (C=O) groups excluding carboxylic acids is 1. The van der Waals surface area contributed by atoms with Gasteiger partial charge in [-0.15, -0.1) is 0 Å². The average molecular weight is 179 g/mol. The summed E-state index contributed by atoms with van der Waals surface area (Å²) in [5, 5.41) is 0. The van der Waals surface area contributed by atoms with E-state index in [-0.39, 0.29) is 5.91 Å². The van der Waals surface area contributed by atoms with Gasteiger partial charge in [0.2, 0.25) is 5.91 Å². The van der Waals surface area contributed by atoms with Crippen LogP contribution in [0, 0.1) is 6.92 Å². The molecule has 1 amide bonds. The average Bonchev–Trinajstić information content (AvgIpc) is 2.42. The Labute approximate surface area is 77.3 Å². The Kier molecular flexibility index (Phi) is 1.87. The van der Waals surface area contributed by atoms with E-state index in [1.807, 2.05) is 11.8 Å². The summed E-state index contributed by atoms with van der Waals surface area (Å²) in [4.78, 5) is 12.9. The zero-order chi connectivity index (χ0) is 9.42. The molecule has 1 aliphatic heterocycles. The van der Waals surface area contributed by atoms with Crippen molar-refractivity contribution in [3.63, 3.8) is 0 Å². The molecule has 0 aliphatic carbocycles. The van der Waals surface area contributed by atoms with Crippen LogP contribution >= 0.6 is 0 Å². The predicted molar refractivity (Wildman–Crippen MR) is 48.2 cm³/mol. The molecule has 2 rings (SSSR count). The van der Waals surface area contributed by atoms with E-state index in [1.54, 1.807) is 6.92 Å². The summed E-state index contributed by atoms with van der Waals surface area (Å²) in [5.74, 6) is 2.02. The molecular formula is C10H13NO2. The van der Waals surface area contributed by atoms with Gasteiger partial charge in [0.05, 0.1) is 6.54 Å². The zero-order valence-corrected chi connectivity index (χ0v) is 7.96. The van der Waals surface area contributed by atoms with Gasteiger partial charge >= 0.3 is 0 Å². The summed E-state index contributed by atoms with van der Waals surface area (Å²) in [6.07, 6.45) is 0.923. The SMILES string of the molecule is CC(=O)N1CCc2cc(C)oc2C1. The first-order valence-corrected chi connectivity index (χ1v) is 4.50. The lowest BCUT2D eigenvalue weighted by Crippen LogP contribution is -2.33. The molecule has 0 bridgehead atoms. The molecule has 0 atom stereocenters. The summed E-state index contributed by atoms with van der Waals surface area (Å²) >= 11 is 0. The van der Waals surface area contributed by atoms with Crippen molar-refractivity contribution < 1.29 is 9.21 Å². The molecule has 70 valence electrons. The van der Waals surface area contributed by atoms with Crippen LogP contribution in [-0.4, -0.2) is 17.4 Å². The fraction of sp³-hybridized carbons (Fsp3) is 0.500. The number of fused-ring (bicyclic) bond motifs is 1. The van der Waals surface area contributed by atoms with E-state index in [4.69, 9.17) is 4.42 Å². The van der Waals surface area contributed by atoms with Crippen LogP contribution in [0.2, 0.25) is 0 Å². The maximum Gasteiger partial charge on any atom is 0.219 e. The lowest BCUT2D eigenvalue weighted by molar-refractivity contribution is -0.130. The fourth-order valence-electron chi connectivity index (χ4n) is 1.74. The fourth-order valence-corrected chi connectivity index (χ4v) is 1.74. The third kappa shape index (κ3) is 1.46. The van der Waals surface area contributed by atoms with Gasteiger partial charge in [0.15, 0.2) is 0 Å². The Balaban J connectivity index is 2.24. The third-order valence-electron chi connectivity index (χ3n) is 2.45. The van der Waals surface area contributed by atoms with E-state index < -0.39 is 0 Å². The van der Waals surface area contributed by atoms with Crippen LogP contribution in [0.3, 0.4) is 0 Å². The molecule has 0 spiro atoms. The highest BCUT2D eigenvalue weighted by Crippen LogP contribution is 2.22. The van der Waals surface area contributed by atoms with Crippen molar-refractivity contribution in [2.75, 3.05) is 6.54 Å². The smallest absolute Gasteiger partial charge is 0.219 e. The second-order valence-corrected chi connectivity index (χ2v) is 3.50. The summed E-state index contributed by atoms with van der Waals surface area (Å²) in [6, 6.07) is 2.06. The highest BCUT2D eigenvalue weighted by molar-refractivity contribution is 5.73. The number of rotatable bonds is 0. The van der Waals surface area contributed by atoms with Gasteiger partial charge in [0.1, 0.15) is 11.5 Å². The maximum absolute atomic E-state index is 11.1. The second-order valence-electron chi connectivity index (χ2n) is 3.50. The Hall–Kier alpha value is -1.25. The lowest BCUT2D eigenvalue weighted by atomic mass is 10.1. The Morgan fingerprint density at radius 2 is 2.38 bits per heavy atom. The first-order chi connectivity index (χ1) is 6.16. The van der Waals surface area contributed by atoms with Gasteiger partial charge in [-0.1, -0.05) is 0 Å². The normalized spacial score (nSPS) is 15.7. The first kappa shape index (κ1) is 8.35. The van der Waals surface area contributed by atoms with E-state index >= 15 is 0 Å². The summed E-state index contributed by atoms with van der Waals surface area (Å²) in [7, 11) is 0. The van der Waals surface area contributed by atoms with Crippen LogP contribution < -0.4 is 0 Å². The van der Waals surface area contributed by atoms with Gasteiger partial charge in [-0.05, 0) is 25.0 Å². The van der Waals surface area contributed by atoms with Crippen molar-refractivity contribution in [3.05, 3.63) is 23.2 Å². The van der Waals surface area contributed by atoms with Crippen LogP contribution in [0.1, 0.15) is 24.0 Å². The van der Waals surface area contributed by atoms with Gasteiger partial charge in [-0.3, -0.25) is 4.79 Å². The zero-order valence-electron chi connectivity index (χ0n) is 7.96. The van der Waals surface area contributed by atoms with Crippen LogP contribution in [0.5, 0.6) is 0 Å². The molecule has 2 heterocycles. The molecule has 0 saturated carbocycles. The number of furan rings is 1. The molecular weight excluding hydrogens is 166 g/mol. The van der Waals surface area contributed by atoms with Crippen molar-refractivity contribution >= 4 is 5.91 Å². The van der Waals surface area contributed by atoms with Gasteiger partial charge in [-0.2, -0.15) is 0 Å². The minimum Gasteiger partial charge on any atom is -0.464 e. The van der Waals surface area contributed by atoms with E-state index in [2.05, 4.69) is 6.07 Å². The van der Waals surface area contributed by atoms with Crippen LogP contribution in [-0.2, 0) is 17.8 Å². The molecule has 1 aliphatic rings. The number of hydrogen-bond acceptors (Lipinski definition) is 2. The number of amides is 1. The van der Waals surface area contributed by atoms with Crippen molar-refractivity contribution in [1.29, 1.82) is 0 Å². The van der Waals surface area contributed by atoms with Crippen molar-refractivity contribution in [3.8, 4) is 0 Å². The molecule has 3 heteroatoms. The van der Waals surface area contributed by atoms with Gasteiger partial charge in [-0.25, -0.2) is 0 Å². The maximum atomic E-state index is 11.1. The molecule has 13 heavy (non-hydrogen) atoms. The highest BCUT2D eigenvalue weighted by Gasteiger charge is 2.20. The van der Waals surface area contributed by atoms with Gasteiger partial charge < -0.3 is 9.32 Å². The van der Waals surface area contributed by atoms with Crippen molar-refractivity contribution in [2.24, 2.45) is 0 Å². The predicted octanol–water partition coefficient (Wildman–Crippen LogP) is 1.49. The molecule has 0 aromatic carbocycles. The molecule has 0 N–H and O–H groups in total. The standard InChI is InChI=1S/C10H13NO2/c1-7-5-9-3-4-11(8(2)12)6-10(9)13-7/h5H,3-4,6H2,1-2H3. The summed E-state index contributed by atoms with van der Waals surface area (Å²) < 4.78 is 5.49. The number of aryl methyl sites for hydroxylation is 1. The van der Waals surface area contributed by atoms with E-state index in [1.165, 1.54) is 5.56 Å². The largest absolute Gasteiger partial charge is 0.464 e.